The molecule has 0 aliphatic carbocycles. The Balaban J connectivity index is 2.03. The molecule has 0 atom stereocenters. The topological polar surface area (TPSA) is 55.4 Å². The molecule has 0 spiro atoms. The maximum atomic E-state index is 13.6. The molecule has 2 aromatic carbocycles. The van der Waals surface area contributed by atoms with Crippen molar-refractivity contribution in [1.29, 1.82) is 0 Å². The van der Waals surface area contributed by atoms with Gasteiger partial charge in [0.2, 0.25) is 0 Å². The third kappa shape index (κ3) is 4.29. The van der Waals surface area contributed by atoms with Crippen LogP contribution in [0, 0.1) is 19.7 Å². The predicted molar refractivity (Wildman–Crippen MR) is 86.8 cm³/mol. The van der Waals surface area contributed by atoms with Crippen molar-refractivity contribution in [3.05, 3.63) is 57.9 Å². The van der Waals surface area contributed by atoms with Crippen molar-refractivity contribution in [3.63, 3.8) is 0 Å². The molecule has 0 bridgehead atoms. The van der Waals surface area contributed by atoms with Crippen LogP contribution in [0.15, 0.2) is 30.3 Å². The number of aldehydes is 1. The second kappa shape index (κ2) is 7.24. The molecule has 0 fully saturated rings. The van der Waals surface area contributed by atoms with Gasteiger partial charge in [-0.15, -0.1) is 0 Å². The summed E-state index contributed by atoms with van der Waals surface area (Å²) in [6, 6.07) is 7.32. The third-order valence-corrected chi connectivity index (χ3v) is 3.41. The highest BCUT2D eigenvalue weighted by molar-refractivity contribution is 6.30. The van der Waals surface area contributed by atoms with Crippen molar-refractivity contribution in [1.82, 2.24) is 0 Å². The lowest BCUT2D eigenvalue weighted by Gasteiger charge is -2.13. The summed E-state index contributed by atoms with van der Waals surface area (Å²) in [5, 5.41) is 2.66. The number of carbonyl (C=O) groups is 2. The molecule has 1 N–H and O–H groups in total. The number of ether oxygens (including phenoxy) is 1. The van der Waals surface area contributed by atoms with E-state index in [1.165, 1.54) is 12.1 Å². The highest BCUT2D eigenvalue weighted by Crippen LogP contribution is 2.24. The standard InChI is InChI=1S/C17H15ClFNO3/c1-10-5-12(8-21)6-11(2)17(10)23-9-16(22)20-15-4-3-13(18)7-14(15)19/h3-8H,9H2,1-2H3,(H,20,22). The molecule has 2 rings (SSSR count). The molecule has 0 aliphatic heterocycles. The van der Waals surface area contributed by atoms with E-state index in [1.54, 1.807) is 26.0 Å². The summed E-state index contributed by atoms with van der Waals surface area (Å²) in [5.74, 6) is -0.583. The quantitative estimate of drug-likeness (QED) is 0.842. The monoisotopic (exact) mass is 335 g/mol. The Hall–Kier alpha value is -2.40. The van der Waals surface area contributed by atoms with Crippen LogP contribution in [0.5, 0.6) is 5.75 Å². The molecule has 0 aromatic heterocycles. The molecule has 1 amide bonds. The zero-order valence-corrected chi connectivity index (χ0v) is 13.4. The van der Waals surface area contributed by atoms with Crippen molar-refractivity contribution in [2.24, 2.45) is 0 Å². The van der Waals surface area contributed by atoms with E-state index in [2.05, 4.69) is 5.32 Å². The zero-order chi connectivity index (χ0) is 17.0. The first-order valence-corrected chi connectivity index (χ1v) is 7.22. The number of benzene rings is 2. The van der Waals surface area contributed by atoms with Crippen LogP contribution in [0.25, 0.3) is 0 Å². The van der Waals surface area contributed by atoms with Gasteiger partial charge in [0.15, 0.2) is 6.61 Å². The van der Waals surface area contributed by atoms with Crippen LogP contribution >= 0.6 is 11.6 Å². The van der Waals surface area contributed by atoms with Crippen molar-refractivity contribution < 1.29 is 18.7 Å². The minimum absolute atomic E-state index is 0.0350. The molecule has 0 aliphatic rings. The van der Waals surface area contributed by atoms with Crippen LogP contribution < -0.4 is 10.1 Å². The number of hydrogen-bond acceptors (Lipinski definition) is 3. The number of amides is 1. The average Bonchev–Trinajstić information content (AvgIpc) is 2.49. The lowest BCUT2D eigenvalue weighted by molar-refractivity contribution is -0.118. The fourth-order valence-corrected chi connectivity index (χ4v) is 2.35. The third-order valence-electron chi connectivity index (χ3n) is 3.17. The Bertz CT molecular complexity index is 738. The van der Waals surface area contributed by atoms with Crippen LogP contribution in [-0.2, 0) is 4.79 Å². The first-order valence-electron chi connectivity index (χ1n) is 6.85. The average molecular weight is 336 g/mol. The second-order valence-electron chi connectivity index (χ2n) is 5.06. The highest BCUT2D eigenvalue weighted by Gasteiger charge is 2.11. The Morgan fingerprint density at radius 1 is 1.26 bits per heavy atom. The smallest absolute Gasteiger partial charge is 0.262 e. The maximum Gasteiger partial charge on any atom is 0.262 e. The molecular weight excluding hydrogens is 321 g/mol. The molecule has 2 aromatic rings. The van der Waals surface area contributed by atoms with Gasteiger partial charge in [-0.3, -0.25) is 9.59 Å². The van der Waals surface area contributed by atoms with Gasteiger partial charge in [0.25, 0.3) is 5.91 Å². The first-order chi connectivity index (χ1) is 10.9. The fourth-order valence-electron chi connectivity index (χ4n) is 2.19. The van der Waals surface area contributed by atoms with E-state index in [9.17, 15) is 14.0 Å². The second-order valence-corrected chi connectivity index (χ2v) is 5.50. The van der Waals surface area contributed by atoms with Gasteiger partial charge in [-0.1, -0.05) is 11.6 Å². The van der Waals surface area contributed by atoms with Crippen molar-refractivity contribution >= 4 is 29.5 Å². The van der Waals surface area contributed by atoms with Gasteiger partial charge in [0, 0.05) is 10.6 Å². The molecule has 4 nitrogen and oxygen atoms in total. The predicted octanol–water partition coefficient (Wildman–Crippen LogP) is 3.93. The van der Waals surface area contributed by atoms with Gasteiger partial charge in [0.05, 0.1) is 5.69 Å². The van der Waals surface area contributed by atoms with E-state index >= 15 is 0 Å². The summed E-state index contributed by atoms with van der Waals surface area (Å²) in [5.41, 5.74) is 2.07. The van der Waals surface area contributed by atoms with Gasteiger partial charge in [0.1, 0.15) is 17.9 Å². The maximum absolute atomic E-state index is 13.6. The molecule has 0 radical (unpaired) electrons. The zero-order valence-electron chi connectivity index (χ0n) is 12.7. The van der Waals surface area contributed by atoms with Crippen LogP contribution in [0.2, 0.25) is 5.02 Å². The summed E-state index contributed by atoms with van der Waals surface area (Å²) >= 11 is 5.65. The molecular formula is C17H15ClFNO3. The number of aryl methyl sites for hydroxylation is 2. The fraction of sp³-hybridized carbons (Fsp3) is 0.176. The first kappa shape index (κ1) is 17.0. The summed E-state index contributed by atoms with van der Waals surface area (Å²) in [7, 11) is 0. The van der Waals surface area contributed by atoms with Crippen molar-refractivity contribution in [2.75, 3.05) is 11.9 Å². The van der Waals surface area contributed by atoms with Gasteiger partial charge in [-0.05, 0) is 55.3 Å². The van der Waals surface area contributed by atoms with E-state index < -0.39 is 11.7 Å². The lowest BCUT2D eigenvalue weighted by atomic mass is 10.1. The van der Waals surface area contributed by atoms with Crippen LogP contribution in [0.4, 0.5) is 10.1 Å². The minimum atomic E-state index is -0.617. The van der Waals surface area contributed by atoms with E-state index in [0.717, 1.165) is 23.5 Å². The lowest BCUT2D eigenvalue weighted by Crippen LogP contribution is -2.21. The van der Waals surface area contributed by atoms with Gasteiger partial charge >= 0.3 is 0 Å². The Morgan fingerprint density at radius 3 is 2.48 bits per heavy atom. The highest BCUT2D eigenvalue weighted by atomic mass is 35.5. The molecule has 23 heavy (non-hydrogen) atoms. The number of halogens is 2. The number of hydrogen-bond donors (Lipinski definition) is 1. The largest absolute Gasteiger partial charge is 0.483 e. The van der Waals surface area contributed by atoms with Crippen LogP contribution in [0.1, 0.15) is 21.5 Å². The SMILES string of the molecule is Cc1cc(C=O)cc(C)c1OCC(=O)Nc1ccc(Cl)cc1F. The van der Waals surface area contributed by atoms with Crippen LogP contribution in [0.3, 0.4) is 0 Å². The summed E-state index contributed by atoms with van der Waals surface area (Å²) in [6.45, 7) is 3.29. The Morgan fingerprint density at radius 2 is 1.91 bits per heavy atom. The van der Waals surface area contributed by atoms with E-state index in [1.807, 2.05) is 0 Å². The minimum Gasteiger partial charge on any atom is -0.483 e. The van der Waals surface area contributed by atoms with Gasteiger partial charge in [-0.2, -0.15) is 0 Å². The molecule has 120 valence electrons. The van der Waals surface area contributed by atoms with E-state index in [0.29, 0.717) is 11.3 Å². The summed E-state index contributed by atoms with van der Waals surface area (Å²) in [6.07, 6.45) is 0.750. The van der Waals surface area contributed by atoms with Crippen molar-refractivity contribution in [2.45, 2.75) is 13.8 Å². The summed E-state index contributed by atoms with van der Waals surface area (Å²) < 4.78 is 19.1. The molecule has 0 saturated heterocycles. The molecule has 6 heteroatoms. The van der Waals surface area contributed by atoms with Crippen molar-refractivity contribution in [3.8, 4) is 5.75 Å². The number of rotatable bonds is 5. The van der Waals surface area contributed by atoms with Gasteiger partial charge in [-0.25, -0.2) is 4.39 Å². The number of nitrogens with one attached hydrogen (secondary N) is 1. The van der Waals surface area contributed by atoms with E-state index in [-0.39, 0.29) is 17.3 Å². The van der Waals surface area contributed by atoms with E-state index in [4.69, 9.17) is 16.3 Å². The Kier molecular flexibility index (Phi) is 5.34. The Labute approximate surface area is 138 Å². The molecule has 0 saturated carbocycles. The van der Waals surface area contributed by atoms with Gasteiger partial charge < -0.3 is 10.1 Å². The molecule has 0 heterocycles. The normalized spacial score (nSPS) is 10.3. The van der Waals surface area contributed by atoms with Crippen LogP contribution in [-0.4, -0.2) is 18.8 Å². The number of carbonyl (C=O) groups excluding carboxylic acids is 2. The summed E-state index contributed by atoms with van der Waals surface area (Å²) in [4.78, 5) is 22.7. The number of anilines is 1. The molecule has 0 unspecified atom stereocenters.